The third kappa shape index (κ3) is 4.59. The molecule has 0 aromatic carbocycles. The Labute approximate surface area is 118 Å². The zero-order valence-corrected chi connectivity index (χ0v) is 13.5. The van der Waals surface area contributed by atoms with Crippen molar-refractivity contribution in [3.05, 3.63) is 12.2 Å². The van der Waals surface area contributed by atoms with Gasteiger partial charge in [-0.15, -0.1) is 0 Å². The molecular weight excluding hydrogens is 240 g/mol. The molecule has 0 amide bonds. The van der Waals surface area contributed by atoms with Crippen LogP contribution in [0.2, 0.25) is 0 Å². The summed E-state index contributed by atoms with van der Waals surface area (Å²) in [6.07, 6.45) is -0.731. The first-order chi connectivity index (χ1) is 8.42. The summed E-state index contributed by atoms with van der Waals surface area (Å²) in [4.78, 5) is 0. The standard InChI is InChI=1S/C16H30O3/c1-10-11(2)13(17)14(19-16(6,7)8)12(10)9-18-15(3,4)5/h11-14,17H,1,9H2,2-8H3/t11-,12-,13-,14+/m0/s1. The van der Waals surface area contributed by atoms with Crippen LogP contribution in [0.25, 0.3) is 0 Å². The SMILES string of the molecule is C=C1[C@H](C)[C@H](O)[C@H](OC(C)(C)C)[C@H]1COC(C)(C)C. The van der Waals surface area contributed by atoms with Gasteiger partial charge in [-0.1, -0.05) is 19.1 Å². The van der Waals surface area contributed by atoms with E-state index in [1.807, 2.05) is 48.5 Å². The quantitative estimate of drug-likeness (QED) is 0.801. The van der Waals surface area contributed by atoms with Gasteiger partial charge in [0.05, 0.1) is 30.0 Å². The second-order valence-corrected chi connectivity index (χ2v) is 7.58. The van der Waals surface area contributed by atoms with Crippen LogP contribution in [-0.4, -0.2) is 35.1 Å². The van der Waals surface area contributed by atoms with Crippen LogP contribution in [0, 0.1) is 11.8 Å². The van der Waals surface area contributed by atoms with Gasteiger partial charge in [-0.05, 0) is 41.5 Å². The van der Waals surface area contributed by atoms with Gasteiger partial charge in [-0.3, -0.25) is 0 Å². The Bertz CT molecular complexity index is 322. The fourth-order valence-corrected chi connectivity index (χ4v) is 2.39. The molecule has 4 atom stereocenters. The molecule has 0 aromatic rings. The molecule has 1 rings (SSSR count). The minimum Gasteiger partial charge on any atom is -0.390 e. The number of hydrogen-bond acceptors (Lipinski definition) is 3. The highest BCUT2D eigenvalue weighted by atomic mass is 16.5. The van der Waals surface area contributed by atoms with Gasteiger partial charge in [0, 0.05) is 11.8 Å². The fraction of sp³-hybridized carbons (Fsp3) is 0.875. The third-order valence-electron chi connectivity index (χ3n) is 3.49. The van der Waals surface area contributed by atoms with Gasteiger partial charge >= 0.3 is 0 Å². The number of hydrogen-bond donors (Lipinski definition) is 1. The maximum atomic E-state index is 10.3. The molecule has 0 heterocycles. The fourth-order valence-electron chi connectivity index (χ4n) is 2.39. The first-order valence-electron chi connectivity index (χ1n) is 7.11. The molecule has 112 valence electrons. The molecule has 0 bridgehead atoms. The van der Waals surface area contributed by atoms with Crippen LogP contribution < -0.4 is 0 Å². The second-order valence-electron chi connectivity index (χ2n) is 7.58. The average molecular weight is 270 g/mol. The third-order valence-corrected chi connectivity index (χ3v) is 3.49. The van der Waals surface area contributed by atoms with E-state index in [-0.39, 0.29) is 29.1 Å². The molecule has 1 aliphatic rings. The highest BCUT2D eigenvalue weighted by Gasteiger charge is 2.45. The summed E-state index contributed by atoms with van der Waals surface area (Å²) in [5, 5.41) is 10.3. The summed E-state index contributed by atoms with van der Waals surface area (Å²) in [5.74, 6) is 0.115. The number of ether oxygens (including phenoxy) is 2. The molecule has 1 fully saturated rings. The zero-order chi connectivity index (χ0) is 15.0. The van der Waals surface area contributed by atoms with E-state index in [1.165, 1.54) is 0 Å². The molecule has 0 spiro atoms. The van der Waals surface area contributed by atoms with Gasteiger partial charge in [0.15, 0.2) is 0 Å². The van der Waals surface area contributed by atoms with Gasteiger partial charge in [0.2, 0.25) is 0 Å². The van der Waals surface area contributed by atoms with Crippen molar-refractivity contribution in [2.24, 2.45) is 11.8 Å². The van der Waals surface area contributed by atoms with Crippen molar-refractivity contribution in [3.63, 3.8) is 0 Å². The van der Waals surface area contributed by atoms with Crippen LogP contribution in [0.15, 0.2) is 12.2 Å². The average Bonchev–Trinajstić information content (AvgIpc) is 2.38. The highest BCUT2D eigenvalue weighted by Crippen LogP contribution is 2.40. The summed E-state index contributed by atoms with van der Waals surface area (Å²) < 4.78 is 11.9. The maximum Gasteiger partial charge on any atom is 0.0933 e. The van der Waals surface area contributed by atoms with Crippen molar-refractivity contribution in [3.8, 4) is 0 Å². The number of aliphatic hydroxyl groups excluding tert-OH is 1. The lowest BCUT2D eigenvalue weighted by Gasteiger charge is -2.32. The molecule has 1 N–H and O–H groups in total. The minimum absolute atomic E-state index is 0.0564. The van der Waals surface area contributed by atoms with E-state index in [1.54, 1.807) is 0 Å². The van der Waals surface area contributed by atoms with Crippen LogP contribution in [-0.2, 0) is 9.47 Å². The summed E-state index contributed by atoms with van der Waals surface area (Å²) in [6.45, 7) is 18.8. The van der Waals surface area contributed by atoms with E-state index in [2.05, 4.69) is 6.58 Å². The number of rotatable bonds is 3. The molecule has 0 saturated heterocycles. The lowest BCUT2D eigenvalue weighted by molar-refractivity contribution is -0.133. The van der Waals surface area contributed by atoms with Crippen molar-refractivity contribution < 1.29 is 14.6 Å². The van der Waals surface area contributed by atoms with E-state index in [0.29, 0.717) is 6.61 Å². The van der Waals surface area contributed by atoms with E-state index in [0.717, 1.165) is 5.57 Å². The van der Waals surface area contributed by atoms with Gasteiger partial charge in [-0.2, -0.15) is 0 Å². The van der Waals surface area contributed by atoms with E-state index in [9.17, 15) is 5.11 Å². The molecule has 19 heavy (non-hydrogen) atoms. The van der Waals surface area contributed by atoms with Gasteiger partial charge < -0.3 is 14.6 Å². The molecule has 1 saturated carbocycles. The molecule has 0 aliphatic heterocycles. The Kier molecular flexibility index (Phi) is 4.87. The van der Waals surface area contributed by atoms with E-state index in [4.69, 9.17) is 9.47 Å². The summed E-state index contributed by atoms with van der Waals surface area (Å²) in [5.41, 5.74) is 0.560. The maximum absolute atomic E-state index is 10.3. The van der Waals surface area contributed by atoms with Crippen LogP contribution in [0.5, 0.6) is 0 Å². The molecule has 3 nitrogen and oxygen atoms in total. The first kappa shape index (κ1) is 16.7. The van der Waals surface area contributed by atoms with Gasteiger partial charge in [0.25, 0.3) is 0 Å². The van der Waals surface area contributed by atoms with Crippen molar-refractivity contribution in [1.29, 1.82) is 0 Å². The number of aliphatic hydroxyl groups is 1. The Balaban J connectivity index is 2.81. The Hall–Kier alpha value is -0.380. The van der Waals surface area contributed by atoms with Crippen molar-refractivity contribution in [2.45, 2.75) is 71.9 Å². The minimum atomic E-state index is -0.500. The van der Waals surface area contributed by atoms with Crippen LogP contribution >= 0.6 is 0 Å². The summed E-state index contributed by atoms with van der Waals surface area (Å²) in [6, 6.07) is 0. The van der Waals surface area contributed by atoms with E-state index >= 15 is 0 Å². The lowest BCUT2D eigenvalue weighted by Crippen LogP contribution is -2.39. The highest BCUT2D eigenvalue weighted by molar-refractivity contribution is 5.18. The summed E-state index contributed by atoms with van der Waals surface area (Å²) in [7, 11) is 0. The zero-order valence-electron chi connectivity index (χ0n) is 13.5. The van der Waals surface area contributed by atoms with Gasteiger partial charge in [-0.25, -0.2) is 0 Å². The smallest absolute Gasteiger partial charge is 0.0933 e. The Morgan fingerprint density at radius 2 is 1.63 bits per heavy atom. The van der Waals surface area contributed by atoms with Gasteiger partial charge in [0.1, 0.15) is 0 Å². The molecule has 3 heteroatoms. The molecule has 0 aromatic heterocycles. The largest absolute Gasteiger partial charge is 0.390 e. The van der Waals surface area contributed by atoms with Crippen molar-refractivity contribution in [2.75, 3.05) is 6.61 Å². The van der Waals surface area contributed by atoms with Crippen LogP contribution in [0.3, 0.4) is 0 Å². The van der Waals surface area contributed by atoms with Crippen molar-refractivity contribution in [1.82, 2.24) is 0 Å². The van der Waals surface area contributed by atoms with Crippen molar-refractivity contribution >= 4 is 0 Å². The molecule has 1 aliphatic carbocycles. The normalized spacial score (nSPS) is 32.9. The van der Waals surface area contributed by atoms with Crippen LogP contribution in [0.4, 0.5) is 0 Å². The predicted molar refractivity (Wildman–Crippen MR) is 78.1 cm³/mol. The predicted octanol–water partition coefficient (Wildman–Crippen LogP) is 3.17. The second kappa shape index (κ2) is 5.55. The summed E-state index contributed by atoms with van der Waals surface area (Å²) >= 11 is 0. The molecule has 0 unspecified atom stereocenters. The first-order valence-corrected chi connectivity index (χ1v) is 7.11. The lowest BCUT2D eigenvalue weighted by atomic mass is 9.99. The molecular formula is C16H30O3. The topological polar surface area (TPSA) is 38.7 Å². The van der Waals surface area contributed by atoms with Crippen LogP contribution in [0.1, 0.15) is 48.5 Å². The monoisotopic (exact) mass is 270 g/mol. The Morgan fingerprint density at radius 3 is 2.05 bits per heavy atom. The molecule has 0 radical (unpaired) electrons. The van der Waals surface area contributed by atoms with E-state index < -0.39 is 6.10 Å². The Morgan fingerprint density at radius 1 is 1.11 bits per heavy atom.